The Labute approximate surface area is 133 Å². The molecule has 0 saturated carbocycles. The van der Waals surface area contributed by atoms with Gasteiger partial charge in [-0.05, 0) is 24.3 Å². The van der Waals surface area contributed by atoms with Gasteiger partial charge in [-0.1, -0.05) is 39.0 Å². The van der Waals surface area contributed by atoms with Gasteiger partial charge >= 0.3 is 0 Å². The maximum absolute atomic E-state index is 13.8. The van der Waals surface area contributed by atoms with Gasteiger partial charge in [-0.15, -0.1) is 11.3 Å². The molecular formula is C18H16FNOS. The van der Waals surface area contributed by atoms with Crippen LogP contribution < -0.4 is 0 Å². The van der Waals surface area contributed by atoms with E-state index in [9.17, 15) is 14.4 Å². The molecule has 0 unspecified atom stereocenters. The number of hydrogen-bond donors (Lipinski definition) is 0. The summed E-state index contributed by atoms with van der Waals surface area (Å²) in [6, 6.07) is 12.1. The number of nitrogens with zero attached hydrogens (tertiary/aromatic N) is 1. The van der Waals surface area contributed by atoms with Gasteiger partial charge in [0.1, 0.15) is 11.9 Å². The molecule has 0 aliphatic carbocycles. The van der Waals surface area contributed by atoms with Crippen molar-refractivity contribution in [2.24, 2.45) is 5.41 Å². The van der Waals surface area contributed by atoms with Crippen LogP contribution in [0, 0.1) is 22.6 Å². The fraction of sp³-hybridized carbons (Fsp3) is 0.222. The van der Waals surface area contributed by atoms with E-state index in [2.05, 4.69) is 0 Å². The lowest BCUT2D eigenvalue weighted by Crippen LogP contribution is -2.21. The van der Waals surface area contributed by atoms with Crippen LogP contribution in [0.25, 0.3) is 16.5 Å². The minimum atomic E-state index is -0.604. The Morgan fingerprint density at radius 1 is 1.23 bits per heavy atom. The second-order valence-electron chi connectivity index (χ2n) is 5.93. The molecule has 112 valence electrons. The van der Waals surface area contributed by atoms with Gasteiger partial charge in [-0.2, -0.15) is 5.26 Å². The first-order valence-electron chi connectivity index (χ1n) is 6.84. The van der Waals surface area contributed by atoms with Crippen LogP contribution in [0.4, 0.5) is 4.39 Å². The van der Waals surface area contributed by atoms with Crippen LogP contribution in [0.15, 0.2) is 42.0 Å². The van der Waals surface area contributed by atoms with Crippen molar-refractivity contribution in [2.75, 3.05) is 0 Å². The van der Waals surface area contributed by atoms with Crippen LogP contribution in [-0.4, -0.2) is 5.78 Å². The molecule has 0 aliphatic rings. The monoisotopic (exact) mass is 313 g/mol. The first-order chi connectivity index (χ1) is 10.3. The number of hydrogen-bond acceptors (Lipinski definition) is 3. The van der Waals surface area contributed by atoms with Crippen molar-refractivity contribution in [1.82, 2.24) is 0 Å². The zero-order valence-corrected chi connectivity index (χ0v) is 13.5. The topological polar surface area (TPSA) is 40.9 Å². The van der Waals surface area contributed by atoms with Crippen molar-refractivity contribution in [1.29, 1.82) is 5.26 Å². The van der Waals surface area contributed by atoms with Gasteiger partial charge < -0.3 is 0 Å². The summed E-state index contributed by atoms with van der Waals surface area (Å²) >= 11 is 1.35. The molecule has 1 heterocycles. The zero-order chi connectivity index (χ0) is 16.3. The van der Waals surface area contributed by atoms with Crippen LogP contribution in [-0.2, 0) is 4.79 Å². The predicted molar refractivity (Wildman–Crippen MR) is 87.8 cm³/mol. The first kappa shape index (κ1) is 16.1. The molecule has 0 atom stereocenters. The SMILES string of the molecule is CC(C)(C)C(=O)/C(C#N)=C/c1ccc(-c2ccccc2F)s1. The smallest absolute Gasteiger partial charge is 0.178 e. The predicted octanol–water partition coefficient (Wildman–Crippen LogP) is 5.08. The van der Waals surface area contributed by atoms with E-state index in [1.54, 1.807) is 57.2 Å². The number of carbonyl (C=O) groups excluding carboxylic acids is 1. The summed E-state index contributed by atoms with van der Waals surface area (Å²) in [6.45, 7) is 5.33. The molecule has 22 heavy (non-hydrogen) atoms. The Bertz CT molecular complexity index is 775. The highest BCUT2D eigenvalue weighted by molar-refractivity contribution is 7.16. The summed E-state index contributed by atoms with van der Waals surface area (Å²) < 4.78 is 13.8. The molecule has 0 fully saturated rings. The Hall–Kier alpha value is -2.25. The molecule has 0 radical (unpaired) electrons. The highest BCUT2D eigenvalue weighted by Crippen LogP contribution is 2.31. The summed E-state index contributed by atoms with van der Waals surface area (Å²) in [4.78, 5) is 13.7. The molecule has 0 bridgehead atoms. The van der Waals surface area contributed by atoms with Crippen molar-refractivity contribution in [3.8, 4) is 16.5 Å². The van der Waals surface area contributed by atoms with Crippen LogP contribution in [0.3, 0.4) is 0 Å². The fourth-order valence-electron chi connectivity index (χ4n) is 1.93. The molecule has 0 aliphatic heterocycles. The number of ketones is 1. The normalized spacial score (nSPS) is 12.0. The number of benzene rings is 1. The quantitative estimate of drug-likeness (QED) is 0.586. The van der Waals surface area contributed by atoms with Gasteiger partial charge in [0, 0.05) is 20.7 Å². The zero-order valence-electron chi connectivity index (χ0n) is 12.7. The summed E-state index contributed by atoms with van der Waals surface area (Å²) in [5, 5.41) is 9.19. The standard InChI is InChI=1S/C18H16FNOS/c1-18(2,3)17(21)12(11-20)10-13-8-9-16(22-13)14-6-4-5-7-15(14)19/h4-10H,1-3H3/b12-10+. The average molecular weight is 313 g/mol. The number of Topliss-reactive ketones (excluding diaryl/α,β-unsaturated/α-hetero) is 1. The second-order valence-corrected chi connectivity index (χ2v) is 7.05. The Morgan fingerprint density at radius 3 is 2.50 bits per heavy atom. The average Bonchev–Trinajstić information content (AvgIpc) is 2.92. The van der Waals surface area contributed by atoms with E-state index in [0.717, 1.165) is 9.75 Å². The highest BCUT2D eigenvalue weighted by atomic mass is 32.1. The summed E-state index contributed by atoms with van der Waals surface area (Å²) in [6.07, 6.45) is 1.57. The lowest BCUT2D eigenvalue weighted by molar-refractivity contribution is -0.121. The second kappa shape index (κ2) is 6.25. The Balaban J connectivity index is 2.36. The Kier molecular flexibility index (Phi) is 4.58. The Morgan fingerprint density at radius 2 is 1.91 bits per heavy atom. The number of allylic oxidation sites excluding steroid dienone is 1. The highest BCUT2D eigenvalue weighted by Gasteiger charge is 2.25. The van der Waals surface area contributed by atoms with E-state index in [1.165, 1.54) is 17.4 Å². The van der Waals surface area contributed by atoms with E-state index in [4.69, 9.17) is 0 Å². The van der Waals surface area contributed by atoms with E-state index in [-0.39, 0.29) is 17.2 Å². The lowest BCUT2D eigenvalue weighted by Gasteiger charge is -2.15. The molecule has 4 heteroatoms. The van der Waals surface area contributed by atoms with Gasteiger partial charge in [-0.3, -0.25) is 4.79 Å². The van der Waals surface area contributed by atoms with E-state index in [1.807, 2.05) is 6.07 Å². The molecule has 2 aromatic rings. The molecule has 2 nitrogen and oxygen atoms in total. The van der Waals surface area contributed by atoms with Gasteiger partial charge in [-0.25, -0.2) is 4.39 Å². The third kappa shape index (κ3) is 3.49. The largest absolute Gasteiger partial charge is 0.293 e. The molecule has 2 rings (SSSR count). The minimum Gasteiger partial charge on any atom is -0.293 e. The van der Waals surface area contributed by atoms with Crippen LogP contribution in [0.2, 0.25) is 0 Å². The van der Waals surface area contributed by atoms with Crippen molar-refractivity contribution < 1.29 is 9.18 Å². The van der Waals surface area contributed by atoms with Crippen molar-refractivity contribution in [2.45, 2.75) is 20.8 Å². The van der Waals surface area contributed by atoms with Gasteiger partial charge in [0.05, 0.1) is 5.57 Å². The molecule has 1 aromatic heterocycles. The number of rotatable bonds is 3. The van der Waals surface area contributed by atoms with Gasteiger partial charge in [0.15, 0.2) is 5.78 Å². The van der Waals surface area contributed by atoms with Gasteiger partial charge in [0.2, 0.25) is 0 Å². The van der Waals surface area contributed by atoms with Crippen molar-refractivity contribution in [3.63, 3.8) is 0 Å². The molecule has 1 aromatic carbocycles. The van der Waals surface area contributed by atoms with E-state index >= 15 is 0 Å². The number of nitriles is 1. The maximum atomic E-state index is 13.8. The maximum Gasteiger partial charge on any atom is 0.178 e. The molecule has 0 N–H and O–H groups in total. The first-order valence-corrected chi connectivity index (χ1v) is 7.66. The van der Waals surface area contributed by atoms with Gasteiger partial charge in [0.25, 0.3) is 0 Å². The minimum absolute atomic E-state index is 0.120. The molecule has 0 amide bonds. The van der Waals surface area contributed by atoms with Crippen molar-refractivity contribution in [3.05, 3.63) is 52.7 Å². The molecule has 0 spiro atoms. The fourth-order valence-corrected chi connectivity index (χ4v) is 2.91. The van der Waals surface area contributed by atoms with Crippen LogP contribution in [0.5, 0.6) is 0 Å². The number of carbonyl (C=O) groups is 1. The van der Waals surface area contributed by atoms with Crippen LogP contribution in [0.1, 0.15) is 25.6 Å². The van der Waals surface area contributed by atoms with Crippen LogP contribution >= 0.6 is 11.3 Å². The number of halogens is 1. The summed E-state index contributed by atoms with van der Waals surface area (Å²) in [5.74, 6) is -0.484. The third-order valence-corrected chi connectivity index (χ3v) is 4.16. The summed E-state index contributed by atoms with van der Waals surface area (Å²) in [5.41, 5.74) is 0.0370. The van der Waals surface area contributed by atoms with E-state index in [0.29, 0.717) is 5.56 Å². The van der Waals surface area contributed by atoms with E-state index < -0.39 is 5.41 Å². The third-order valence-electron chi connectivity index (χ3n) is 3.10. The lowest BCUT2D eigenvalue weighted by atomic mass is 9.86. The summed E-state index contributed by atoms with van der Waals surface area (Å²) in [7, 11) is 0. The number of thiophene rings is 1. The van der Waals surface area contributed by atoms with Crippen molar-refractivity contribution >= 4 is 23.2 Å². The molecular weight excluding hydrogens is 297 g/mol. The molecule has 0 saturated heterocycles.